The maximum Gasteiger partial charge on any atom is 0.346 e. The lowest BCUT2D eigenvalue weighted by Crippen LogP contribution is -2.24. The normalized spacial score (nSPS) is 11.7. The molecule has 0 bridgehead atoms. The third-order valence-corrected chi connectivity index (χ3v) is 5.58. The SMILES string of the molecule is COCCCCNS(=O)(=O)c1cc(C)c(C(=O)O)s1. The summed E-state index contributed by atoms with van der Waals surface area (Å²) < 4.78 is 31.2. The van der Waals surface area contributed by atoms with Crippen molar-refractivity contribution in [3.63, 3.8) is 0 Å². The van der Waals surface area contributed by atoms with Gasteiger partial charge in [0.1, 0.15) is 9.09 Å². The number of aromatic carboxylic acids is 1. The van der Waals surface area contributed by atoms with Gasteiger partial charge in [0.05, 0.1) is 0 Å². The molecule has 0 unspecified atom stereocenters. The van der Waals surface area contributed by atoms with Crippen molar-refractivity contribution in [1.29, 1.82) is 0 Å². The highest BCUT2D eigenvalue weighted by molar-refractivity contribution is 7.91. The number of ether oxygens (including phenoxy) is 1. The average molecular weight is 307 g/mol. The van der Waals surface area contributed by atoms with Crippen LogP contribution >= 0.6 is 11.3 Å². The minimum atomic E-state index is -3.62. The predicted octanol–water partition coefficient (Wildman–Crippen LogP) is 1.46. The minimum absolute atomic E-state index is 0.0362. The molecule has 1 aromatic heterocycles. The van der Waals surface area contributed by atoms with Crippen molar-refractivity contribution >= 4 is 27.3 Å². The number of rotatable bonds is 8. The summed E-state index contributed by atoms with van der Waals surface area (Å²) in [4.78, 5) is 10.9. The monoisotopic (exact) mass is 307 g/mol. The van der Waals surface area contributed by atoms with E-state index in [0.717, 1.165) is 17.8 Å². The first-order valence-corrected chi connectivity index (χ1v) is 8.01. The smallest absolute Gasteiger partial charge is 0.346 e. The molecule has 108 valence electrons. The topological polar surface area (TPSA) is 92.7 Å². The van der Waals surface area contributed by atoms with Crippen molar-refractivity contribution in [1.82, 2.24) is 4.72 Å². The Morgan fingerprint density at radius 2 is 2.16 bits per heavy atom. The van der Waals surface area contributed by atoms with Crippen LogP contribution in [0.2, 0.25) is 0 Å². The second kappa shape index (κ2) is 6.99. The molecule has 1 heterocycles. The van der Waals surface area contributed by atoms with Gasteiger partial charge in [0.2, 0.25) is 10.0 Å². The summed E-state index contributed by atoms with van der Waals surface area (Å²) in [6.45, 7) is 2.48. The summed E-state index contributed by atoms with van der Waals surface area (Å²) >= 11 is 0.768. The molecule has 0 fully saturated rings. The van der Waals surface area contributed by atoms with E-state index < -0.39 is 16.0 Å². The van der Waals surface area contributed by atoms with Crippen LogP contribution in [0, 0.1) is 6.92 Å². The van der Waals surface area contributed by atoms with E-state index in [4.69, 9.17) is 9.84 Å². The molecular weight excluding hydrogens is 290 g/mol. The molecule has 0 aliphatic heterocycles. The molecule has 0 spiro atoms. The van der Waals surface area contributed by atoms with Crippen LogP contribution in [0.1, 0.15) is 28.1 Å². The number of aryl methyl sites for hydroxylation is 1. The maximum absolute atomic E-state index is 11.9. The zero-order valence-corrected chi connectivity index (χ0v) is 12.4. The van der Waals surface area contributed by atoms with E-state index in [0.29, 0.717) is 25.1 Å². The number of hydrogen-bond donors (Lipinski definition) is 2. The van der Waals surface area contributed by atoms with Gasteiger partial charge < -0.3 is 9.84 Å². The van der Waals surface area contributed by atoms with E-state index in [2.05, 4.69) is 4.72 Å². The third kappa shape index (κ3) is 4.57. The molecule has 0 aliphatic rings. The molecule has 2 N–H and O–H groups in total. The Balaban J connectivity index is 2.67. The molecule has 0 radical (unpaired) electrons. The summed E-state index contributed by atoms with van der Waals surface area (Å²) in [5.41, 5.74) is 0.456. The molecule has 6 nitrogen and oxygen atoms in total. The van der Waals surface area contributed by atoms with Crippen LogP contribution in [0.3, 0.4) is 0 Å². The quantitative estimate of drug-likeness (QED) is 0.709. The minimum Gasteiger partial charge on any atom is -0.477 e. The summed E-state index contributed by atoms with van der Waals surface area (Å²) in [5, 5.41) is 8.90. The van der Waals surface area contributed by atoms with E-state index in [1.165, 1.54) is 6.07 Å². The Labute approximate surface area is 116 Å². The van der Waals surface area contributed by atoms with E-state index in [1.54, 1.807) is 14.0 Å². The van der Waals surface area contributed by atoms with Crippen molar-refractivity contribution in [2.24, 2.45) is 0 Å². The average Bonchev–Trinajstić information content (AvgIpc) is 2.72. The first-order valence-electron chi connectivity index (χ1n) is 5.71. The van der Waals surface area contributed by atoms with Crippen LogP contribution in [0.25, 0.3) is 0 Å². The molecule has 0 saturated carbocycles. The summed E-state index contributed by atoms with van der Waals surface area (Å²) in [6.07, 6.45) is 1.44. The lowest BCUT2D eigenvalue weighted by atomic mass is 10.3. The number of carboxylic acid groups (broad SMARTS) is 1. The number of unbranched alkanes of at least 4 members (excludes halogenated alkanes) is 1. The van der Waals surface area contributed by atoms with Gasteiger partial charge in [-0.3, -0.25) is 0 Å². The van der Waals surface area contributed by atoms with Crippen molar-refractivity contribution in [2.75, 3.05) is 20.3 Å². The molecule has 1 rings (SSSR count). The third-order valence-electron chi connectivity index (χ3n) is 2.42. The fraction of sp³-hybridized carbons (Fsp3) is 0.545. The second-order valence-electron chi connectivity index (χ2n) is 3.98. The molecule has 1 aromatic rings. The van der Waals surface area contributed by atoms with Crippen LogP contribution in [0.5, 0.6) is 0 Å². The fourth-order valence-electron chi connectivity index (χ4n) is 1.45. The van der Waals surface area contributed by atoms with Gasteiger partial charge in [-0.15, -0.1) is 11.3 Å². The van der Waals surface area contributed by atoms with Gasteiger partial charge in [-0.05, 0) is 31.4 Å². The van der Waals surface area contributed by atoms with Gasteiger partial charge in [0.25, 0.3) is 0 Å². The van der Waals surface area contributed by atoms with E-state index in [9.17, 15) is 13.2 Å². The largest absolute Gasteiger partial charge is 0.477 e. The van der Waals surface area contributed by atoms with Gasteiger partial charge in [-0.2, -0.15) is 0 Å². The Morgan fingerprint density at radius 3 is 2.68 bits per heavy atom. The number of thiophene rings is 1. The van der Waals surface area contributed by atoms with Gasteiger partial charge in [-0.1, -0.05) is 0 Å². The Hall–Kier alpha value is -0.960. The predicted molar refractivity (Wildman–Crippen MR) is 72.3 cm³/mol. The first-order chi connectivity index (χ1) is 8.88. The zero-order chi connectivity index (χ0) is 14.5. The zero-order valence-electron chi connectivity index (χ0n) is 10.8. The maximum atomic E-state index is 11.9. The van der Waals surface area contributed by atoms with E-state index in [1.807, 2.05) is 0 Å². The van der Waals surface area contributed by atoms with E-state index in [-0.39, 0.29) is 9.09 Å². The van der Waals surface area contributed by atoms with Crippen molar-refractivity contribution in [2.45, 2.75) is 24.0 Å². The van der Waals surface area contributed by atoms with Crippen molar-refractivity contribution in [3.05, 3.63) is 16.5 Å². The van der Waals surface area contributed by atoms with Crippen LogP contribution in [-0.2, 0) is 14.8 Å². The standard InChI is InChI=1S/C11H17NO5S2/c1-8-7-9(18-10(8)11(13)14)19(15,16)12-5-3-4-6-17-2/h7,12H,3-6H2,1-2H3,(H,13,14). The van der Waals surface area contributed by atoms with Crippen LogP contribution in [0.4, 0.5) is 0 Å². The van der Waals surface area contributed by atoms with Crippen molar-refractivity contribution in [3.8, 4) is 0 Å². The Bertz CT molecular complexity index is 535. The molecule has 8 heteroatoms. The highest BCUT2D eigenvalue weighted by Gasteiger charge is 2.21. The van der Waals surface area contributed by atoms with Crippen molar-refractivity contribution < 1.29 is 23.1 Å². The van der Waals surface area contributed by atoms with E-state index >= 15 is 0 Å². The molecular formula is C11H17NO5S2. The Morgan fingerprint density at radius 1 is 1.47 bits per heavy atom. The van der Waals surface area contributed by atoms with Crippen LogP contribution in [-0.4, -0.2) is 39.8 Å². The number of methoxy groups -OCH3 is 1. The number of nitrogens with one attached hydrogen (secondary N) is 1. The summed E-state index contributed by atoms with van der Waals surface area (Å²) in [6, 6.07) is 1.38. The van der Waals surface area contributed by atoms with Gasteiger partial charge in [-0.25, -0.2) is 17.9 Å². The lowest BCUT2D eigenvalue weighted by Gasteiger charge is -2.04. The van der Waals surface area contributed by atoms with Gasteiger partial charge in [0, 0.05) is 20.3 Å². The number of sulfonamides is 1. The molecule has 0 aliphatic carbocycles. The first kappa shape index (κ1) is 16.1. The second-order valence-corrected chi connectivity index (χ2v) is 7.03. The number of hydrogen-bond acceptors (Lipinski definition) is 5. The molecule has 0 saturated heterocycles. The molecule has 0 atom stereocenters. The summed E-state index contributed by atoms with van der Waals surface area (Å²) in [5.74, 6) is -1.11. The highest BCUT2D eigenvalue weighted by atomic mass is 32.2. The highest BCUT2D eigenvalue weighted by Crippen LogP contribution is 2.25. The fourth-order valence-corrected chi connectivity index (χ4v) is 3.94. The lowest BCUT2D eigenvalue weighted by molar-refractivity contribution is 0.0701. The summed E-state index contributed by atoms with van der Waals surface area (Å²) in [7, 11) is -2.03. The number of carbonyl (C=O) groups is 1. The molecule has 19 heavy (non-hydrogen) atoms. The molecule has 0 amide bonds. The Kier molecular flexibility index (Phi) is 5.92. The van der Waals surface area contributed by atoms with Crippen LogP contribution < -0.4 is 4.72 Å². The molecule has 0 aromatic carbocycles. The number of carboxylic acids is 1. The van der Waals surface area contributed by atoms with Crippen LogP contribution in [0.15, 0.2) is 10.3 Å². The van der Waals surface area contributed by atoms with Gasteiger partial charge >= 0.3 is 5.97 Å². The van der Waals surface area contributed by atoms with Gasteiger partial charge in [0.15, 0.2) is 0 Å².